The zero-order chi connectivity index (χ0) is 14.5. The van der Waals surface area contributed by atoms with Crippen molar-refractivity contribution in [2.75, 3.05) is 11.9 Å². The summed E-state index contributed by atoms with van der Waals surface area (Å²) in [4.78, 5) is 0. The quantitative estimate of drug-likeness (QED) is 0.837. The minimum absolute atomic E-state index is 0.000262. The first-order valence-electron chi connectivity index (χ1n) is 6.39. The van der Waals surface area contributed by atoms with Gasteiger partial charge in [-0.05, 0) is 32.0 Å². The number of rotatable bonds is 6. The standard InChI is InChI=1S/C13H16Cl2N4O/c1-3-7-16-8(2)12-18-19-13(20-12)17-11-9(14)5-4-6-10(11)15/h4-6,8,16H,3,7H2,1-2H3,(H,17,19). The van der Waals surface area contributed by atoms with E-state index in [1.54, 1.807) is 18.2 Å². The lowest BCUT2D eigenvalue weighted by molar-refractivity contribution is 0.424. The van der Waals surface area contributed by atoms with E-state index < -0.39 is 0 Å². The van der Waals surface area contributed by atoms with Crippen molar-refractivity contribution in [1.82, 2.24) is 15.5 Å². The maximum Gasteiger partial charge on any atom is 0.320 e. The molecule has 0 aliphatic carbocycles. The number of hydrogen-bond donors (Lipinski definition) is 2. The summed E-state index contributed by atoms with van der Waals surface area (Å²) >= 11 is 12.1. The highest BCUT2D eigenvalue weighted by atomic mass is 35.5. The summed E-state index contributed by atoms with van der Waals surface area (Å²) in [6, 6.07) is 5.50. The van der Waals surface area contributed by atoms with Crippen LogP contribution >= 0.6 is 23.2 Å². The van der Waals surface area contributed by atoms with Crippen molar-refractivity contribution in [2.24, 2.45) is 0 Å². The van der Waals surface area contributed by atoms with Crippen LogP contribution in [0.15, 0.2) is 22.6 Å². The number of nitrogens with one attached hydrogen (secondary N) is 2. The van der Waals surface area contributed by atoms with E-state index in [2.05, 4.69) is 27.8 Å². The normalized spacial score (nSPS) is 12.4. The molecule has 2 aromatic rings. The number of nitrogens with zero attached hydrogens (tertiary/aromatic N) is 2. The highest BCUT2D eigenvalue weighted by Gasteiger charge is 2.14. The fourth-order valence-electron chi connectivity index (χ4n) is 1.63. The Bertz CT molecular complexity index is 553. The van der Waals surface area contributed by atoms with Gasteiger partial charge in [-0.15, -0.1) is 5.10 Å². The van der Waals surface area contributed by atoms with Gasteiger partial charge < -0.3 is 15.1 Å². The van der Waals surface area contributed by atoms with E-state index in [0.717, 1.165) is 13.0 Å². The maximum atomic E-state index is 6.07. The smallest absolute Gasteiger partial charge is 0.320 e. The lowest BCUT2D eigenvalue weighted by Gasteiger charge is -2.08. The summed E-state index contributed by atoms with van der Waals surface area (Å²) in [5.41, 5.74) is 0.556. The van der Waals surface area contributed by atoms with E-state index >= 15 is 0 Å². The second-order valence-electron chi connectivity index (χ2n) is 4.34. The minimum atomic E-state index is -0.000262. The van der Waals surface area contributed by atoms with Gasteiger partial charge in [-0.3, -0.25) is 0 Å². The molecule has 0 amide bonds. The van der Waals surface area contributed by atoms with Crippen molar-refractivity contribution < 1.29 is 4.42 Å². The van der Waals surface area contributed by atoms with E-state index in [0.29, 0.717) is 21.6 Å². The number of anilines is 2. The molecule has 1 atom stereocenters. The Morgan fingerprint density at radius 3 is 2.60 bits per heavy atom. The van der Waals surface area contributed by atoms with Gasteiger partial charge in [0.25, 0.3) is 0 Å². The monoisotopic (exact) mass is 314 g/mol. The van der Waals surface area contributed by atoms with Gasteiger partial charge in [-0.25, -0.2) is 0 Å². The molecular formula is C13H16Cl2N4O. The summed E-state index contributed by atoms with van der Waals surface area (Å²) in [5, 5.41) is 15.1. The molecule has 2 rings (SSSR count). The molecule has 0 radical (unpaired) electrons. The fraction of sp³-hybridized carbons (Fsp3) is 0.385. The van der Waals surface area contributed by atoms with Gasteiger partial charge in [0.2, 0.25) is 5.89 Å². The zero-order valence-corrected chi connectivity index (χ0v) is 12.8. The Kier molecular flexibility index (Phi) is 5.23. The van der Waals surface area contributed by atoms with Gasteiger partial charge in [0.15, 0.2) is 0 Å². The Hall–Kier alpha value is -1.30. The molecule has 5 nitrogen and oxygen atoms in total. The highest BCUT2D eigenvalue weighted by Crippen LogP contribution is 2.32. The molecule has 0 saturated heterocycles. The SMILES string of the molecule is CCCNC(C)c1nnc(Nc2c(Cl)cccc2Cl)o1. The maximum absolute atomic E-state index is 6.07. The summed E-state index contributed by atoms with van der Waals surface area (Å²) in [6.07, 6.45) is 1.04. The molecule has 0 saturated carbocycles. The van der Waals surface area contributed by atoms with Crippen LogP contribution in [0.2, 0.25) is 10.0 Å². The van der Waals surface area contributed by atoms with Crippen LogP contribution in [0, 0.1) is 0 Å². The molecule has 20 heavy (non-hydrogen) atoms. The highest BCUT2D eigenvalue weighted by molar-refractivity contribution is 6.39. The van der Waals surface area contributed by atoms with Crippen LogP contribution in [0.1, 0.15) is 32.2 Å². The molecule has 7 heteroatoms. The molecule has 1 heterocycles. The van der Waals surface area contributed by atoms with Crippen LogP contribution in [-0.4, -0.2) is 16.7 Å². The summed E-state index contributed by atoms with van der Waals surface area (Å²) in [5.74, 6) is 0.518. The predicted molar refractivity (Wildman–Crippen MR) is 80.8 cm³/mol. The van der Waals surface area contributed by atoms with Crippen LogP contribution in [0.25, 0.3) is 0 Å². The largest absolute Gasteiger partial charge is 0.406 e. The second kappa shape index (κ2) is 6.92. The van der Waals surface area contributed by atoms with E-state index in [1.165, 1.54) is 0 Å². The van der Waals surface area contributed by atoms with Gasteiger partial charge >= 0.3 is 6.01 Å². The third kappa shape index (κ3) is 3.62. The molecule has 0 spiro atoms. The van der Waals surface area contributed by atoms with Crippen LogP contribution in [0.3, 0.4) is 0 Å². The van der Waals surface area contributed by atoms with Crippen LogP contribution in [-0.2, 0) is 0 Å². The van der Waals surface area contributed by atoms with Crippen LogP contribution in [0.5, 0.6) is 0 Å². The molecule has 0 aliphatic heterocycles. The van der Waals surface area contributed by atoms with Crippen molar-refractivity contribution in [2.45, 2.75) is 26.3 Å². The number of aromatic nitrogens is 2. The van der Waals surface area contributed by atoms with Crippen molar-refractivity contribution >= 4 is 34.9 Å². The Labute approximate surface area is 127 Å². The van der Waals surface area contributed by atoms with Crippen molar-refractivity contribution in [3.05, 3.63) is 34.1 Å². The van der Waals surface area contributed by atoms with Crippen molar-refractivity contribution in [1.29, 1.82) is 0 Å². The average molecular weight is 315 g/mol. The minimum Gasteiger partial charge on any atom is -0.406 e. The average Bonchev–Trinajstić information content (AvgIpc) is 2.89. The molecule has 1 unspecified atom stereocenters. The molecule has 0 aliphatic rings. The van der Waals surface area contributed by atoms with Gasteiger partial charge in [-0.1, -0.05) is 41.3 Å². The van der Waals surface area contributed by atoms with Gasteiger partial charge in [0.1, 0.15) is 0 Å². The van der Waals surface area contributed by atoms with E-state index in [9.17, 15) is 0 Å². The van der Waals surface area contributed by atoms with Gasteiger partial charge in [-0.2, -0.15) is 0 Å². The lowest BCUT2D eigenvalue weighted by Crippen LogP contribution is -2.19. The first-order valence-corrected chi connectivity index (χ1v) is 7.15. The number of hydrogen-bond acceptors (Lipinski definition) is 5. The van der Waals surface area contributed by atoms with E-state index in [1.807, 2.05) is 6.92 Å². The van der Waals surface area contributed by atoms with Crippen LogP contribution < -0.4 is 10.6 Å². The first-order chi connectivity index (χ1) is 9.61. The number of benzene rings is 1. The lowest BCUT2D eigenvalue weighted by atomic mass is 10.3. The molecular weight excluding hydrogens is 299 g/mol. The Morgan fingerprint density at radius 1 is 1.25 bits per heavy atom. The number of para-hydroxylation sites is 1. The molecule has 1 aromatic carbocycles. The fourth-order valence-corrected chi connectivity index (χ4v) is 2.12. The van der Waals surface area contributed by atoms with Crippen molar-refractivity contribution in [3.63, 3.8) is 0 Å². The summed E-state index contributed by atoms with van der Waals surface area (Å²) in [6.45, 7) is 4.96. The Morgan fingerprint density at radius 2 is 1.95 bits per heavy atom. The predicted octanol–water partition coefficient (Wildman–Crippen LogP) is 4.18. The topological polar surface area (TPSA) is 63.0 Å². The van der Waals surface area contributed by atoms with Gasteiger partial charge in [0, 0.05) is 0 Å². The van der Waals surface area contributed by atoms with Crippen molar-refractivity contribution in [3.8, 4) is 0 Å². The third-order valence-corrected chi connectivity index (χ3v) is 3.34. The Balaban J connectivity index is 2.10. The van der Waals surface area contributed by atoms with E-state index in [-0.39, 0.29) is 12.1 Å². The third-order valence-electron chi connectivity index (χ3n) is 2.71. The molecule has 0 bridgehead atoms. The molecule has 108 valence electrons. The second-order valence-corrected chi connectivity index (χ2v) is 5.16. The number of halogens is 2. The molecule has 2 N–H and O–H groups in total. The zero-order valence-electron chi connectivity index (χ0n) is 11.3. The van der Waals surface area contributed by atoms with E-state index in [4.69, 9.17) is 27.6 Å². The van der Waals surface area contributed by atoms with Gasteiger partial charge in [0.05, 0.1) is 21.8 Å². The molecule has 0 fully saturated rings. The molecule has 1 aromatic heterocycles. The first kappa shape index (κ1) is 15.1. The van der Waals surface area contributed by atoms with Crippen LogP contribution in [0.4, 0.5) is 11.7 Å². The summed E-state index contributed by atoms with van der Waals surface area (Å²) in [7, 11) is 0. The summed E-state index contributed by atoms with van der Waals surface area (Å²) < 4.78 is 5.54.